The van der Waals surface area contributed by atoms with Crippen molar-refractivity contribution in [1.29, 1.82) is 0 Å². The van der Waals surface area contributed by atoms with E-state index >= 15 is 4.39 Å². The van der Waals surface area contributed by atoms with E-state index in [4.69, 9.17) is 4.74 Å². The van der Waals surface area contributed by atoms with Gasteiger partial charge < -0.3 is 18.6 Å². The molecule has 2 aliphatic heterocycles. The van der Waals surface area contributed by atoms with E-state index in [0.29, 0.717) is 24.5 Å². The van der Waals surface area contributed by atoms with Gasteiger partial charge in [-0.2, -0.15) is 22.5 Å². The van der Waals surface area contributed by atoms with Crippen molar-refractivity contribution in [3.05, 3.63) is 59.2 Å². The third-order valence-corrected chi connectivity index (χ3v) is 9.01. The minimum Gasteiger partial charge on any atom is -0.493 e. The van der Waals surface area contributed by atoms with Crippen molar-refractivity contribution in [3.63, 3.8) is 0 Å². The number of aromatic nitrogens is 2. The summed E-state index contributed by atoms with van der Waals surface area (Å²) in [5.41, 5.74) is 1.41. The molecule has 2 amide bonds. The van der Waals surface area contributed by atoms with Crippen LogP contribution in [-0.4, -0.2) is 67.3 Å². The lowest BCUT2D eigenvalue weighted by molar-refractivity contribution is -0.156. The molecule has 38 heavy (non-hydrogen) atoms. The molecule has 0 aliphatic carbocycles. The molecule has 0 atom stereocenters. The maximum absolute atomic E-state index is 15.2. The Morgan fingerprint density at radius 2 is 1.89 bits per heavy atom. The van der Waals surface area contributed by atoms with Crippen LogP contribution in [0.25, 0.3) is 11.5 Å². The van der Waals surface area contributed by atoms with Gasteiger partial charge in [0.25, 0.3) is 0 Å². The number of halogens is 4. The summed E-state index contributed by atoms with van der Waals surface area (Å²) in [5, 5.41) is 6.29. The lowest BCUT2D eigenvalue weighted by atomic mass is 10.1. The summed E-state index contributed by atoms with van der Waals surface area (Å²) in [6.07, 6.45) is -2.89. The fraction of sp³-hybridized carbons (Fsp3) is 0.375. The first-order valence-corrected chi connectivity index (χ1v) is 14.3. The predicted octanol–water partition coefficient (Wildman–Crippen LogP) is 4.19. The third-order valence-electron chi connectivity index (χ3n) is 6.55. The third kappa shape index (κ3) is 5.36. The maximum Gasteiger partial charge on any atom is 0.470 e. The van der Waals surface area contributed by atoms with Gasteiger partial charge in [0.1, 0.15) is 11.6 Å². The number of rotatable bonds is 4. The van der Waals surface area contributed by atoms with Crippen LogP contribution in [0.2, 0.25) is 0 Å². The van der Waals surface area contributed by atoms with Crippen molar-refractivity contribution in [3.8, 4) is 17.2 Å². The normalized spacial score (nSPS) is 19.2. The van der Waals surface area contributed by atoms with Gasteiger partial charge in [0.05, 0.1) is 24.7 Å². The van der Waals surface area contributed by atoms with Crippen molar-refractivity contribution in [2.24, 2.45) is 0 Å². The first kappa shape index (κ1) is 26.1. The van der Waals surface area contributed by atoms with E-state index in [2.05, 4.69) is 14.6 Å². The molecule has 5 rings (SSSR count). The number of carbonyl (C=O) groups excluding carboxylic acids is 1. The molecule has 1 aromatic heterocycles. The predicted molar refractivity (Wildman–Crippen MR) is 130 cm³/mol. The van der Waals surface area contributed by atoms with E-state index in [1.54, 1.807) is 18.2 Å². The molecule has 9 nitrogen and oxygen atoms in total. The Kier molecular flexibility index (Phi) is 6.21. The standard InChI is InChI=1S/C24H24F4N4O5S/c1-38(34,35)10-7-31(8-11-38)23(33)32(18-4-5-20-15(12-18)6-9-36-20)14-17-3-2-16(13-19(17)25)21-29-30-22(37-21)24(26,27)28/h2-5,12-13H,6-11,14H2,1H3,(H,34,35). The average Bonchev–Trinajstić information content (AvgIpc) is 3.52. The van der Waals surface area contributed by atoms with Gasteiger partial charge in [-0.1, -0.05) is 6.07 Å². The molecule has 0 bridgehead atoms. The van der Waals surface area contributed by atoms with Crippen LogP contribution in [0.3, 0.4) is 0 Å². The molecule has 0 radical (unpaired) electrons. The number of anilines is 1. The number of urea groups is 1. The fourth-order valence-electron chi connectivity index (χ4n) is 4.31. The van der Waals surface area contributed by atoms with Crippen LogP contribution in [-0.2, 0) is 28.5 Å². The van der Waals surface area contributed by atoms with Gasteiger partial charge in [-0.15, -0.1) is 10.2 Å². The molecule has 0 unspecified atom stereocenters. The minimum atomic E-state index is -4.83. The smallest absolute Gasteiger partial charge is 0.470 e. The van der Waals surface area contributed by atoms with Crippen LogP contribution in [0.5, 0.6) is 5.75 Å². The first-order valence-electron chi connectivity index (χ1n) is 11.6. The molecule has 1 saturated heterocycles. The van der Waals surface area contributed by atoms with Gasteiger partial charge in [0, 0.05) is 42.6 Å². The van der Waals surface area contributed by atoms with Crippen LogP contribution < -0.4 is 9.64 Å². The van der Waals surface area contributed by atoms with Crippen molar-refractivity contribution >= 4 is 21.1 Å². The zero-order chi connectivity index (χ0) is 27.3. The number of alkyl halides is 3. The molecule has 3 heterocycles. The molecule has 1 fully saturated rings. The van der Waals surface area contributed by atoms with E-state index in [1.807, 2.05) is 0 Å². The van der Waals surface area contributed by atoms with Crippen LogP contribution in [0.4, 0.5) is 28.0 Å². The highest BCUT2D eigenvalue weighted by molar-refractivity contribution is 8.14. The molecule has 3 aromatic rings. The van der Waals surface area contributed by atoms with E-state index in [-0.39, 0.29) is 42.3 Å². The molecule has 14 heteroatoms. The Hall–Kier alpha value is -3.52. The highest BCUT2D eigenvalue weighted by Crippen LogP contribution is 2.33. The van der Waals surface area contributed by atoms with Crippen molar-refractivity contribution in [2.75, 3.05) is 42.4 Å². The Labute approximate surface area is 214 Å². The summed E-state index contributed by atoms with van der Waals surface area (Å²) in [4.78, 5) is 16.4. The van der Waals surface area contributed by atoms with E-state index < -0.39 is 39.2 Å². The molecular formula is C24H24F4N4O5S. The van der Waals surface area contributed by atoms with Gasteiger partial charge in [0.15, 0.2) is 0 Å². The lowest BCUT2D eigenvalue weighted by Gasteiger charge is -2.46. The summed E-state index contributed by atoms with van der Waals surface area (Å²) >= 11 is 0. The van der Waals surface area contributed by atoms with E-state index in [1.165, 1.54) is 28.2 Å². The van der Waals surface area contributed by atoms with Crippen molar-refractivity contribution < 1.29 is 40.3 Å². The summed E-state index contributed by atoms with van der Waals surface area (Å²) in [6, 6.07) is 8.34. The van der Waals surface area contributed by atoms with Gasteiger partial charge in [-0.3, -0.25) is 4.90 Å². The largest absolute Gasteiger partial charge is 0.493 e. The van der Waals surface area contributed by atoms with Crippen LogP contribution in [0.1, 0.15) is 17.0 Å². The van der Waals surface area contributed by atoms with Crippen molar-refractivity contribution in [2.45, 2.75) is 19.1 Å². The summed E-state index contributed by atoms with van der Waals surface area (Å²) in [5.74, 6) is -2.27. The monoisotopic (exact) mass is 556 g/mol. The second kappa shape index (κ2) is 9.05. The molecule has 0 spiro atoms. The zero-order valence-electron chi connectivity index (χ0n) is 20.2. The number of nitrogens with zero attached hydrogens (tertiary/aromatic N) is 4. The second-order valence-electron chi connectivity index (χ2n) is 9.57. The van der Waals surface area contributed by atoms with Crippen LogP contribution >= 0.6 is 0 Å². The number of hydrogen-bond acceptors (Lipinski definition) is 6. The van der Waals surface area contributed by atoms with E-state index in [0.717, 1.165) is 11.6 Å². The second-order valence-corrected chi connectivity index (χ2v) is 13.8. The first-order chi connectivity index (χ1) is 17.8. The SMILES string of the molecule is CS1(=O)(O)CCN(C(=O)N(Cc2ccc(-c3nnc(C(F)(F)F)o3)cc2F)c2ccc3c(c2)CCO3)CC1. The molecule has 1 N–H and O–H groups in total. The Balaban J connectivity index is 1.43. The van der Waals surface area contributed by atoms with Gasteiger partial charge >= 0.3 is 18.1 Å². The number of benzene rings is 2. The molecule has 2 aliphatic rings. The molecule has 2 aromatic carbocycles. The number of fused-ring (bicyclic) bond motifs is 1. The van der Waals surface area contributed by atoms with Crippen LogP contribution in [0, 0.1) is 5.82 Å². The molecular weight excluding hydrogens is 532 g/mol. The highest BCUT2D eigenvalue weighted by Gasteiger charge is 2.38. The summed E-state index contributed by atoms with van der Waals surface area (Å²) in [7, 11) is -3.78. The summed E-state index contributed by atoms with van der Waals surface area (Å²) < 4.78 is 86.6. The molecule has 0 saturated carbocycles. The number of ether oxygens (including phenoxy) is 1. The van der Waals surface area contributed by atoms with Crippen LogP contribution in [0.15, 0.2) is 40.8 Å². The van der Waals surface area contributed by atoms with Crippen molar-refractivity contribution in [1.82, 2.24) is 15.1 Å². The average molecular weight is 557 g/mol. The Bertz CT molecular complexity index is 1450. The van der Waals surface area contributed by atoms with Gasteiger partial charge in [-0.05, 0) is 35.9 Å². The maximum atomic E-state index is 15.2. The highest BCUT2D eigenvalue weighted by atomic mass is 32.3. The van der Waals surface area contributed by atoms with Gasteiger partial charge in [-0.25, -0.2) is 13.4 Å². The number of carbonyl (C=O) groups is 1. The van der Waals surface area contributed by atoms with Gasteiger partial charge in [0.2, 0.25) is 5.89 Å². The topological polar surface area (TPSA) is 109 Å². The quantitative estimate of drug-likeness (QED) is 0.480. The zero-order valence-corrected chi connectivity index (χ0v) is 21.0. The summed E-state index contributed by atoms with van der Waals surface area (Å²) in [6.45, 7) is 0.413. The number of hydrogen-bond donors (Lipinski definition) is 1. The fourth-order valence-corrected chi connectivity index (χ4v) is 5.89. The molecule has 204 valence electrons. The lowest BCUT2D eigenvalue weighted by Crippen LogP contribution is -2.56. The Morgan fingerprint density at radius 3 is 2.55 bits per heavy atom. The van der Waals surface area contributed by atoms with E-state index in [9.17, 15) is 26.7 Å². The Morgan fingerprint density at radius 1 is 1.16 bits per heavy atom. The number of amides is 2. The minimum absolute atomic E-state index is 0.0512.